The van der Waals surface area contributed by atoms with Gasteiger partial charge < -0.3 is 4.90 Å². The third-order valence-corrected chi connectivity index (χ3v) is 12.6. The number of thiophene rings is 1. The second-order valence-electron chi connectivity index (χ2n) is 14.7. The van der Waals surface area contributed by atoms with Crippen molar-refractivity contribution in [2.24, 2.45) is 0 Å². The molecule has 0 saturated carbocycles. The van der Waals surface area contributed by atoms with Crippen LogP contribution in [0.5, 0.6) is 0 Å². The highest BCUT2D eigenvalue weighted by atomic mass is 32.1. The quantitative estimate of drug-likeness (QED) is 0.171. The normalized spacial score (nSPS) is 13.2. The van der Waals surface area contributed by atoms with Crippen LogP contribution in [-0.4, -0.2) is 4.98 Å². The Bertz CT molecular complexity index is 3090. The number of rotatable bonds is 4. The van der Waals surface area contributed by atoms with E-state index >= 15 is 0 Å². The van der Waals surface area contributed by atoms with Crippen LogP contribution in [-0.2, 0) is 5.41 Å². The summed E-state index contributed by atoms with van der Waals surface area (Å²) in [6, 6.07) is 62.2. The van der Waals surface area contributed by atoms with Crippen molar-refractivity contribution in [2.75, 3.05) is 4.90 Å². The Morgan fingerprint density at radius 1 is 0.509 bits per heavy atom. The van der Waals surface area contributed by atoms with E-state index in [2.05, 4.69) is 189 Å². The maximum absolute atomic E-state index is 5.41. The number of nitrogens with zero attached hydrogens (tertiary/aromatic N) is 2. The van der Waals surface area contributed by atoms with Crippen molar-refractivity contribution in [1.82, 2.24) is 4.98 Å². The molecule has 0 bridgehead atoms. The number of fused-ring (bicyclic) bond motifs is 11. The van der Waals surface area contributed by atoms with Gasteiger partial charge in [-0.15, -0.1) is 11.3 Å². The van der Waals surface area contributed by atoms with Crippen molar-refractivity contribution in [3.63, 3.8) is 0 Å². The Morgan fingerprint density at radius 3 is 2.09 bits per heavy atom. The molecule has 0 fully saturated rings. The van der Waals surface area contributed by atoms with Gasteiger partial charge in [-0.3, -0.25) is 0 Å². The van der Waals surface area contributed by atoms with E-state index in [1.54, 1.807) is 0 Å². The van der Waals surface area contributed by atoms with Gasteiger partial charge in [0.1, 0.15) is 0 Å². The molecule has 0 atom stereocenters. The third kappa shape index (κ3) is 4.41. The molecule has 1 aliphatic rings. The molecule has 0 N–H and O–H groups in total. The minimum absolute atomic E-state index is 0.133. The molecule has 10 aromatic rings. The van der Waals surface area contributed by atoms with Crippen molar-refractivity contribution in [2.45, 2.75) is 19.3 Å². The fourth-order valence-corrected chi connectivity index (χ4v) is 10.2. The first-order valence-electron chi connectivity index (χ1n) is 18.3. The van der Waals surface area contributed by atoms with Crippen molar-refractivity contribution in [3.05, 3.63) is 181 Å². The maximum Gasteiger partial charge on any atom is 0.0789 e. The first-order valence-corrected chi connectivity index (χ1v) is 19.1. The van der Waals surface area contributed by atoms with E-state index in [-0.39, 0.29) is 5.41 Å². The van der Waals surface area contributed by atoms with E-state index < -0.39 is 0 Å². The fourth-order valence-electron chi connectivity index (χ4n) is 8.94. The van der Waals surface area contributed by atoms with Crippen LogP contribution >= 0.6 is 11.3 Å². The van der Waals surface area contributed by atoms with Crippen molar-refractivity contribution >= 4 is 81.0 Å². The minimum Gasteiger partial charge on any atom is -0.308 e. The molecule has 2 aromatic heterocycles. The Balaban J connectivity index is 1.31. The lowest BCUT2D eigenvalue weighted by molar-refractivity contribution is 0.660. The number of aromatic nitrogens is 1. The monoisotopic (exact) mass is 694 g/mol. The van der Waals surface area contributed by atoms with E-state index in [0.29, 0.717) is 0 Å². The minimum atomic E-state index is -0.133. The van der Waals surface area contributed by atoms with E-state index in [1.165, 1.54) is 64.0 Å². The van der Waals surface area contributed by atoms with E-state index in [4.69, 9.17) is 4.98 Å². The topological polar surface area (TPSA) is 16.1 Å². The Morgan fingerprint density at radius 2 is 1.21 bits per heavy atom. The van der Waals surface area contributed by atoms with Gasteiger partial charge in [0, 0.05) is 53.7 Å². The summed E-state index contributed by atoms with van der Waals surface area (Å²) in [6.45, 7) is 4.74. The van der Waals surface area contributed by atoms with Gasteiger partial charge in [-0.2, -0.15) is 0 Å². The van der Waals surface area contributed by atoms with E-state index in [0.717, 1.165) is 39.2 Å². The lowest BCUT2D eigenvalue weighted by Crippen LogP contribution is -2.16. The SMILES string of the molecule is CC1(C)c2ccccc2-c2ccc(N(c3cccc4ccccc34)c3cc4c(-c5ccccc5)nc5ccccc5c4c4c3sc3ccccc34)cc21. The molecule has 3 heteroatoms. The Hall–Kier alpha value is -6.29. The molecule has 0 spiro atoms. The highest BCUT2D eigenvalue weighted by molar-refractivity contribution is 7.26. The van der Waals surface area contributed by atoms with Crippen LogP contribution in [0.1, 0.15) is 25.0 Å². The van der Waals surface area contributed by atoms with Crippen molar-refractivity contribution in [1.29, 1.82) is 0 Å². The third-order valence-electron chi connectivity index (χ3n) is 11.4. The smallest absolute Gasteiger partial charge is 0.0789 e. The average Bonchev–Trinajstić information content (AvgIpc) is 3.71. The number of anilines is 3. The van der Waals surface area contributed by atoms with Crippen LogP contribution in [0, 0.1) is 0 Å². The van der Waals surface area contributed by atoms with Gasteiger partial charge in [0.15, 0.2) is 0 Å². The van der Waals surface area contributed by atoms with Crippen LogP contribution in [0.3, 0.4) is 0 Å². The molecule has 2 nitrogen and oxygen atoms in total. The van der Waals surface area contributed by atoms with Crippen LogP contribution < -0.4 is 4.90 Å². The number of pyridine rings is 1. The molecule has 0 aliphatic heterocycles. The van der Waals surface area contributed by atoms with Crippen molar-refractivity contribution < 1.29 is 0 Å². The number of para-hydroxylation sites is 1. The lowest BCUT2D eigenvalue weighted by atomic mass is 9.82. The molecule has 1 aliphatic carbocycles. The summed E-state index contributed by atoms with van der Waals surface area (Å²) >= 11 is 1.89. The Kier molecular flexibility index (Phi) is 6.50. The summed E-state index contributed by atoms with van der Waals surface area (Å²) in [7, 11) is 0. The van der Waals surface area contributed by atoms with Crippen molar-refractivity contribution in [3.8, 4) is 22.4 Å². The van der Waals surface area contributed by atoms with Crippen LogP contribution in [0.2, 0.25) is 0 Å². The molecule has 0 saturated heterocycles. The predicted molar refractivity (Wildman–Crippen MR) is 227 cm³/mol. The zero-order valence-electron chi connectivity index (χ0n) is 29.5. The van der Waals surface area contributed by atoms with Gasteiger partial charge in [-0.05, 0) is 64.0 Å². The van der Waals surface area contributed by atoms with Crippen LogP contribution in [0.15, 0.2) is 170 Å². The second kappa shape index (κ2) is 11.4. The molecule has 2 heterocycles. The Labute approximate surface area is 312 Å². The number of hydrogen-bond donors (Lipinski definition) is 0. The molecule has 0 amide bonds. The maximum atomic E-state index is 5.41. The number of hydrogen-bond acceptors (Lipinski definition) is 3. The van der Waals surface area contributed by atoms with Crippen LogP contribution in [0.4, 0.5) is 17.1 Å². The van der Waals surface area contributed by atoms with Gasteiger partial charge >= 0.3 is 0 Å². The molecular weight excluding hydrogens is 661 g/mol. The molecule has 250 valence electrons. The molecule has 53 heavy (non-hydrogen) atoms. The number of benzene rings is 8. The zero-order chi connectivity index (χ0) is 35.3. The molecule has 8 aromatic carbocycles. The highest BCUT2D eigenvalue weighted by Crippen LogP contribution is 2.54. The summed E-state index contributed by atoms with van der Waals surface area (Å²) in [5.41, 5.74) is 11.8. The summed E-state index contributed by atoms with van der Waals surface area (Å²) in [6.07, 6.45) is 0. The molecule has 0 radical (unpaired) electrons. The largest absolute Gasteiger partial charge is 0.308 e. The summed E-state index contributed by atoms with van der Waals surface area (Å²) < 4.78 is 2.55. The summed E-state index contributed by atoms with van der Waals surface area (Å²) in [4.78, 5) is 7.95. The summed E-state index contributed by atoms with van der Waals surface area (Å²) in [5.74, 6) is 0. The second-order valence-corrected chi connectivity index (χ2v) is 15.8. The van der Waals surface area contributed by atoms with E-state index in [1.807, 2.05) is 11.3 Å². The summed E-state index contributed by atoms with van der Waals surface area (Å²) in [5, 5.41) is 8.58. The van der Waals surface area contributed by atoms with Gasteiger partial charge in [-0.25, -0.2) is 4.98 Å². The standard InChI is InChI=1S/C50H34N2S/c1-50(2)40-23-11-8-20-35(40)36-28-27-33(29-41(36)50)52(43-25-14-18-31-15-6-7-19-34(31)43)44-30-39-46(47-38-22-10-13-26-45(38)53-49(44)47)37-21-9-12-24-42(37)51-48(39)32-16-4-3-5-17-32/h3-30H,1-2H3. The van der Waals surface area contributed by atoms with E-state index in [9.17, 15) is 0 Å². The highest BCUT2D eigenvalue weighted by Gasteiger charge is 2.36. The van der Waals surface area contributed by atoms with Gasteiger partial charge in [0.05, 0.1) is 27.3 Å². The fraction of sp³-hybridized carbons (Fsp3) is 0.0600. The molecular formula is C50H34N2S. The molecule has 11 rings (SSSR count). The zero-order valence-corrected chi connectivity index (χ0v) is 30.3. The van der Waals surface area contributed by atoms with Gasteiger partial charge in [0.25, 0.3) is 0 Å². The lowest BCUT2D eigenvalue weighted by Gasteiger charge is -2.30. The predicted octanol–water partition coefficient (Wildman–Crippen LogP) is 14.4. The van der Waals surface area contributed by atoms with Gasteiger partial charge in [-0.1, -0.05) is 147 Å². The van der Waals surface area contributed by atoms with Gasteiger partial charge in [0.2, 0.25) is 0 Å². The van der Waals surface area contributed by atoms with Crippen LogP contribution in [0.25, 0.3) is 75.0 Å². The first-order chi connectivity index (χ1) is 26.1. The molecule has 0 unspecified atom stereocenters. The first kappa shape index (κ1) is 30.3. The average molecular weight is 695 g/mol.